The van der Waals surface area contributed by atoms with Gasteiger partial charge < -0.3 is 0 Å². The molecule has 0 aliphatic heterocycles. The Labute approximate surface area is 148 Å². The zero-order valence-corrected chi connectivity index (χ0v) is 15.5. The molecule has 2 heterocycles. The molecule has 3 rings (SSSR count). The highest BCUT2D eigenvalue weighted by Crippen LogP contribution is 2.23. The minimum atomic E-state index is 0.535. The van der Waals surface area contributed by atoms with Crippen LogP contribution in [0.2, 0.25) is 0 Å². The molecule has 24 heavy (non-hydrogen) atoms. The highest BCUT2D eigenvalue weighted by Gasteiger charge is 2.07. The average molecular weight is 340 g/mol. The van der Waals surface area contributed by atoms with E-state index in [0.29, 0.717) is 5.92 Å². The molecule has 0 radical (unpaired) electrons. The van der Waals surface area contributed by atoms with Gasteiger partial charge in [0, 0.05) is 17.5 Å². The van der Waals surface area contributed by atoms with E-state index in [1.807, 2.05) is 32.0 Å². The Hall–Kier alpha value is -2.14. The summed E-state index contributed by atoms with van der Waals surface area (Å²) in [5, 5.41) is 8.01. The number of nitrogens with zero attached hydrogens (tertiary/aromatic N) is 3. The van der Waals surface area contributed by atoms with Gasteiger partial charge in [0.1, 0.15) is 0 Å². The predicted molar refractivity (Wildman–Crippen MR) is 101 cm³/mol. The molecule has 1 N–H and O–H groups in total. The number of hydrogen-bond donors (Lipinski definition) is 1. The molecule has 4 nitrogen and oxygen atoms in total. The number of rotatable bonds is 5. The van der Waals surface area contributed by atoms with Crippen LogP contribution in [-0.4, -0.2) is 20.2 Å². The number of thioether (sulfide) groups is 1. The lowest BCUT2D eigenvalue weighted by Crippen LogP contribution is -1.87. The normalized spacial score (nSPS) is 10.4. The molecule has 126 valence electrons. The number of H-pyrrole nitrogens is 1. The standard InChI is InChI=1S/C17H18N4S.C2H6/c1-12(2)13-6-8-14(9-7-13)16-19-17(21-20-16)22-11-15-5-3-4-10-18-15;1-2/h3-10,12H,11H2,1-2H3,(H,19,20,21);1-2H3. The summed E-state index contributed by atoms with van der Waals surface area (Å²) in [5.41, 5.74) is 3.41. The van der Waals surface area contributed by atoms with Gasteiger partial charge in [0.05, 0.1) is 5.69 Å². The van der Waals surface area contributed by atoms with E-state index in [0.717, 1.165) is 28.0 Å². The Bertz CT molecular complexity index is 721. The smallest absolute Gasteiger partial charge is 0.209 e. The van der Waals surface area contributed by atoms with Gasteiger partial charge in [-0.15, -0.1) is 5.10 Å². The van der Waals surface area contributed by atoms with Crippen LogP contribution in [0.5, 0.6) is 0 Å². The van der Waals surface area contributed by atoms with Crippen LogP contribution in [-0.2, 0) is 5.75 Å². The topological polar surface area (TPSA) is 54.5 Å². The van der Waals surface area contributed by atoms with E-state index in [1.54, 1.807) is 18.0 Å². The Morgan fingerprint density at radius 2 is 1.79 bits per heavy atom. The number of benzene rings is 1. The summed E-state index contributed by atoms with van der Waals surface area (Å²) < 4.78 is 0. The van der Waals surface area contributed by atoms with Crippen molar-refractivity contribution in [3.63, 3.8) is 0 Å². The average Bonchev–Trinajstić information content (AvgIpc) is 3.12. The van der Waals surface area contributed by atoms with E-state index in [4.69, 9.17) is 0 Å². The van der Waals surface area contributed by atoms with Crippen LogP contribution >= 0.6 is 11.8 Å². The Morgan fingerprint density at radius 1 is 1.04 bits per heavy atom. The van der Waals surface area contributed by atoms with Crippen molar-refractivity contribution < 1.29 is 0 Å². The van der Waals surface area contributed by atoms with Gasteiger partial charge in [-0.05, 0) is 23.6 Å². The van der Waals surface area contributed by atoms with E-state index in [9.17, 15) is 0 Å². The van der Waals surface area contributed by atoms with Crippen molar-refractivity contribution in [2.24, 2.45) is 0 Å². The van der Waals surface area contributed by atoms with Crippen LogP contribution in [0.1, 0.15) is 44.9 Å². The molecule has 2 aromatic heterocycles. The fourth-order valence-corrected chi connectivity index (χ4v) is 2.80. The molecule has 0 saturated carbocycles. The maximum atomic E-state index is 4.54. The lowest BCUT2D eigenvalue weighted by atomic mass is 10.0. The molecule has 3 aromatic rings. The van der Waals surface area contributed by atoms with E-state index in [2.05, 4.69) is 58.3 Å². The Kier molecular flexibility index (Phi) is 7.00. The molecular weight excluding hydrogens is 316 g/mol. The summed E-state index contributed by atoms with van der Waals surface area (Å²) in [6.07, 6.45) is 1.80. The number of nitrogens with one attached hydrogen (secondary N) is 1. The van der Waals surface area contributed by atoms with Gasteiger partial charge in [-0.3, -0.25) is 10.1 Å². The minimum Gasteiger partial charge on any atom is -0.260 e. The highest BCUT2D eigenvalue weighted by atomic mass is 32.2. The number of hydrogen-bond acceptors (Lipinski definition) is 4. The molecular formula is C19H24N4S. The van der Waals surface area contributed by atoms with Gasteiger partial charge in [0.25, 0.3) is 0 Å². The predicted octanol–water partition coefficient (Wildman–Crippen LogP) is 5.31. The van der Waals surface area contributed by atoms with E-state index in [-0.39, 0.29) is 0 Å². The molecule has 0 aliphatic rings. The van der Waals surface area contributed by atoms with E-state index < -0.39 is 0 Å². The third-order valence-corrected chi connectivity index (χ3v) is 4.27. The number of aromatic nitrogens is 4. The summed E-state index contributed by atoms with van der Waals surface area (Å²) in [5.74, 6) is 2.11. The van der Waals surface area contributed by atoms with Crippen molar-refractivity contribution in [3.8, 4) is 11.4 Å². The molecule has 0 amide bonds. The van der Waals surface area contributed by atoms with Crippen molar-refractivity contribution in [3.05, 3.63) is 59.9 Å². The van der Waals surface area contributed by atoms with Crippen LogP contribution < -0.4 is 0 Å². The quantitative estimate of drug-likeness (QED) is 0.640. The first kappa shape index (κ1) is 18.2. The molecule has 0 atom stereocenters. The third kappa shape index (κ3) is 4.93. The van der Waals surface area contributed by atoms with Crippen LogP contribution in [0.15, 0.2) is 53.8 Å². The summed E-state index contributed by atoms with van der Waals surface area (Å²) in [6, 6.07) is 14.4. The number of aromatic amines is 1. The lowest BCUT2D eigenvalue weighted by molar-refractivity contribution is 0.867. The Balaban J connectivity index is 0.00000100. The maximum absolute atomic E-state index is 4.54. The molecule has 0 aliphatic carbocycles. The molecule has 0 saturated heterocycles. The van der Waals surface area contributed by atoms with Crippen LogP contribution in [0.25, 0.3) is 11.4 Å². The molecule has 5 heteroatoms. The molecule has 0 fully saturated rings. The fourth-order valence-electron chi connectivity index (χ4n) is 2.09. The zero-order chi connectivity index (χ0) is 17.4. The first-order valence-corrected chi connectivity index (χ1v) is 9.26. The van der Waals surface area contributed by atoms with Crippen LogP contribution in [0.3, 0.4) is 0 Å². The maximum Gasteiger partial charge on any atom is 0.209 e. The SMILES string of the molecule is CC.CC(C)c1ccc(-c2nc(SCc3ccccn3)n[nH]2)cc1. The largest absolute Gasteiger partial charge is 0.260 e. The van der Waals surface area contributed by atoms with Crippen molar-refractivity contribution in [1.29, 1.82) is 0 Å². The first-order chi connectivity index (χ1) is 11.7. The van der Waals surface area contributed by atoms with Gasteiger partial charge in [0.15, 0.2) is 5.82 Å². The first-order valence-electron chi connectivity index (χ1n) is 8.28. The van der Waals surface area contributed by atoms with Gasteiger partial charge in [0.2, 0.25) is 5.16 Å². The van der Waals surface area contributed by atoms with Crippen molar-refractivity contribution in [1.82, 2.24) is 20.2 Å². The monoisotopic (exact) mass is 340 g/mol. The second-order valence-electron chi connectivity index (χ2n) is 5.35. The van der Waals surface area contributed by atoms with E-state index >= 15 is 0 Å². The number of pyridine rings is 1. The van der Waals surface area contributed by atoms with Gasteiger partial charge in [-0.2, -0.15) is 0 Å². The second kappa shape index (κ2) is 9.23. The third-order valence-electron chi connectivity index (χ3n) is 3.39. The van der Waals surface area contributed by atoms with Crippen molar-refractivity contribution >= 4 is 11.8 Å². The lowest BCUT2D eigenvalue weighted by Gasteiger charge is -2.05. The zero-order valence-electron chi connectivity index (χ0n) is 14.7. The summed E-state index contributed by atoms with van der Waals surface area (Å²) in [7, 11) is 0. The summed E-state index contributed by atoms with van der Waals surface area (Å²) in [6.45, 7) is 8.38. The van der Waals surface area contributed by atoms with Crippen molar-refractivity contribution in [2.45, 2.75) is 44.5 Å². The van der Waals surface area contributed by atoms with Gasteiger partial charge in [-0.1, -0.05) is 69.8 Å². The minimum absolute atomic E-state index is 0.535. The molecule has 1 aromatic carbocycles. The van der Waals surface area contributed by atoms with Crippen LogP contribution in [0, 0.1) is 0 Å². The van der Waals surface area contributed by atoms with Crippen molar-refractivity contribution in [2.75, 3.05) is 0 Å². The molecule has 0 spiro atoms. The Morgan fingerprint density at radius 3 is 2.42 bits per heavy atom. The molecule has 0 unspecified atom stereocenters. The summed E-state index contributed by atoms with van der Waals surface area (Å²) >= 11 is 1.58. The highest BCUT2D eigenvalue weighted by molar-refractivity contribution is 7.98. The second-order valence-corrected chi connectivity index (χ2v) is 6.30. The summed E-state index contributed by atoms with van der Waals surface area (Å²) in [4.78, 5) is 8.84. The fraction of sp³-hybridized carbons (Fsp3) is 0.316. The van der Waals surface area contributed by atoms with Gasteiger partial charge >= 0.3 is 0 Å². The van der Waals surface area contributed by atoms with Gasteiger partial charge in [-0.25, -0.2) is 4.98 Å². The van der Waals surface area contributed by atoms with E-state index in [1.165, 1.54) is 5.56 Å². The molecule has 0 bridgehead atoms. The van der Waals surface area contributed by atoms with Crippen LogP contribution in [0.4, 0.5) is 0 Å².